The van der Waals surface area contributed by atoms with Crippen LogP contribution in [0.15, 0.2) is 16.6 Å². The Morgan fingerprint density at radius 3 is 3.05 bits per heavy atom. The summed E-state index contributed by atoms with van der Waals surface area (Å²) in [5.41, 5.74) is 2.25. The van der Waals surface area contributed by atoms with Gasteiger partial charge in [0.05, 0.1) is 19.1 Å². The summed E-state index contributed by atoms with van der Waals surface area (Å²) in [6.45, 7) is 2.01. The Hall–Kier alpha value is -1.07. The van der Waals surface area contributed by atoms with Crippen molar-refractivity contribution in [2.45, 2.75) is 44.8 Å². The first-order valence-electron chi connectivity index (χ1n) is 7.55. The summed E-state index contributed by atoms with van der Waals surface area (Å²) < 4.78 is 12.3. The summed E-state index contributed by atoms with van der Waals surface area (Å²) in [6.07, 6.45) is 4.74. The van der Waals surface area contributed by atoms with E-state index in [9.17, 15) is 4.79 Å². The zero-order valence-electron chi connectivity index (χ0n) is 12.0. The molecule has 1 fully saturated rings. The third kappa shape index (κ3) is 3.77. The van der Waals surface area contributed by atoms with Crippen LogP contribution in [-0.4, -0.2) is 25.2 Å². The lowest BCUT2D eigenvalue weighted by atomic mass is 10.1. The van der Waals surface area contributed by atoms with Crippen LogP contribution < -0.4 is 10.1 Å². The molecule has 1 unspecified atom stereocenters. The highest BCUT2D eigenvalue weighted by Gasteiger charge is 2.20. The fraction of sp³-hybridized carbons (Fsp3) is 0.562. The maximum Gasteiger partial charge on any atom is 0.222 e. The Morgan fingerprint density at radius 1 is 1.33 bits per heavy atom. The Balaban J connectivity index is 1.56. The zero-order valence-corrected chi connectivity index (χ0v) is 13.6. The standard InChI is InChI=1S/C16H20BrNO3/c17-13-7-11-4-6-21-16(11)12(8-13)10-18-15(19)9-14-3-1-2-5-20-14/h7-8,14H,1-6,9-10H2,(H,18,19). The largest absolute Gasteiger partial charge is 0.493 e. The van der Waals surface area contributed by atoms with E-state index in [1.54, 1.807) is 0 Å². The Labute approximate surface area is 133 Å². The van der Waals surface area contributed by atoms with Gasteiger partial charge in [-0.1, -0.05) is 15.9 Å². The Morgan fingerprint density at radius 2 is 2.24 bits per heavy atom. The number of benzene rings is 1. The maximum atomic E-state index is 12.0. The number of halogens is 1. The van der Waals surface area contributed by atoms with Crippen LogP contribution in [0.5, 0.6) is 5.75 Å². The molecule has 2 aliphatic rings. The number of amides is 1. The molecule has 4 nitrogen and oxygen atoms in total. The fourth-order valence-electron chi connectivity index (χ4n) is 2.92. The number of rotatable bonds is 4. The quantitative estimate of drug-likeness (QED) is 0.905. The second kappa shape index (κ2) is 6.79. The molecule has 1 aromatic rings. The van der Waals surface area contributed by atoms with Gasteiger partial charge in [0.2, 0.25) is 5.91 Å². The van der Waals surface area contributed by atoms with E-state index in [1.807, 2.05) is 6.07 Å². The van der Waals surface area contributed by atoms with E-state index in [2.05, 4.69) is 27.3 Å². The molecule has 0 saturated carbocycles. The lowest BCUT2D eigenvalue weighted by Crippen LogP contribution is -2.30. The van der Waals surface area contributed by atoms with Gasteiger partial charge in [-0.2, -0.15) is 0 Å². The van der Waals surface area contributed by atoms with E-state index >= 15 is 0 Å². The highest BCUT2D eigenvalue weighted by Crippen LogP contribution is 2.32. The number of fused-ring (bicyclic) bond motifs is 1. The van der Waals surface area contributed by atoms with Crippen molar-refractivity contribution in [1.82, 2.24) is 5.32 Å². The smallest absolute Gasteiger partial charge is 0.222 e. The molecule has 0 radical (unpaired) electrons. The molecule has 3 rings (SSSR count). The topological polar surface area (TPSA) is 47.6 Å². The van der Waals surface area contributed by atoms with E-state index < -0.39 is 0 Å². The molecule has 2 aliphatic heterocycles. The van der Waals surface area contributed by atoms with Gasteiger partial charge in [0, 0.05) is 29.6 Å². The van der Waals surface area contributed by atoms with Crippen molar-refractivity contribution >= 4 is 21.8 Å². The van der Waals surface area contributed by atoms with Gasteiger partial charge in [-0.25, -0.2) is 0 Å². The van der Waals surface area contributed by atoms with Crippen molar-refractivity contribution in [2.24, 2.45) is 0 Å². The number of hydrogen-bond acceptors (Lipinski definition) is 3. The van der Waals surface area contributed by atoms with Gasteiger partial charge in [0.15, 0.2) is 0 Å². The molecule has 1 N–H and O–H groups in total. The molecule has 1 amide bonds. The van der Waals surface area contributed by atoms with E-state index in [0.29, 0.717) is 13.0 Å². The number of ether oxygens (including phenoxy) is 2. The van der Waals surface area contributed by atoms with Gasteiger partial charge in [-0.15, -0.1) is 0 Å². The predicted octanol–water partition coefficient (Wildman–Crippen LogP) is 2.96. The Bertz CT molecular complexity index is 526. The van der Waals surface area contributed by atoms with E-state index in [-0.39, 0.29) is 12.0 Å². The van der Waals surface area contributed by atoms with Crippen LogP contribution in [0.25, 0.3) is 0 Å². The molecule has 114 valence electrons. The molecular weight excluding hydrogens is 334 g/mol. The van der Waals surface area contributed by atoms with Crippen LogP contribution in [0.2, 0.25) is 0 Å². The zero-order chi connectivity index (χ0) is 14.7. The maximum absolute atomic E-state index is 12.0. The second-order valence-electron chi connectivity index (χ2n) is 5.62. The minimum absolute atomic E-state index is 0.0497. The third-order valence-electron chi connectivity index (χ3n) is 3.99. The summed E-state index contributed by atoms with van der Waals surface area (Å²) >= 11 is 3.51. The van der Waals surface area contributed by atoms with Gasteiger partial charge in [-0.3, -0.25) is 4.79 Å². The van der Waals surface area contributed by atoms with Crippen LogP contribution in [0.3, 0.4) is 0 Å². The number of nitrogens with one attached hydrogen (secondary N) is 1. The molecular formula is C16H20BrNO3. The molecule has 0 bridgehead atoms. The van der Waals surface area contributed by atoms with Gasteiger partial charge >= 0.3 is 0 Å². The van der Waals surface area contributed by atoms with Gasteiger partial charge in [-0.05, 0) is 37.0 Å². The van der Waals surface area contributed by atoms with Crippen molar-refractivity contribution in [3.63, 3.8) is 0 Å². The molecule has 1 atom stereocenters. The lowest BCUT2D eigenvalue weighted by molar-refractivity contribution is -0.125. The van der Waals surface area contributed by atoms with Gasteiger partial charge in [0.1, 0.15) is 5.75 Å². The molecule has 0 aliphatic carbocycles. The molecule has 1 aromatic carbocycles. The minimum Gasteiger partial charge on any atom is -0.493 e. The Kier molecular flexibility index (Phi) is 4.80. The van der Waals surface area contributed by atoms with Crippen molar-refractivity contribution in [3.8, 4) is 5.75 Å². The summed E-state index contributed by atoms with van der Waals surface area (Å²) in [5.74, 6) is 0.987. The summed E-state index contributed by atoms with van der Waals surface area (Å²) in [5, 5.41) is 2.98. The first kappa shape index (κ1) is 14.9. The average Bonchev–Trinajstić information content (AvgIpc) is 2.94. The summed E-state index contributed by atoms with van der Waals surface area (Å²) in [7, 11) is 0. The highest BCUT2D eigenvalue weighted by molar-refractivity contribution is 9.10. The van der Waals surface area contributed by atoms with Crippen LogP contribution in [0, 0.1) is 0 Å². The summed E-state index contributed by atoms with van der Waals surface area (Å²) in [4.78, 5) is 12.0. The average molecular weight is 354 g/mol. The monoisotopic (exact) mass is 353 g/mol. The molecule has 1 saturated heterocycles. The SMILES string of the molecule is O=C(CC1CCCCO1)NCc1cc(Br)cc2c1OCC2. The molecule has 2 heterocycles. The van der Waals surface area contributed by atoms with Crippen molar-refractivity contribution in [1.29, 1.82) is 0 Å². The van der Waals surface area contributed by atoms with E-state index in [0.717, 1.165) is 54.7 Å². The highest BCUT2D eigenvalue weighted by atomic mass is 79.9. The first-order valence-corrected chi connectivity index (χ1v) is 8.34. The van der Waals surface area contributed by atoms with E-state index in [1.165, 1.54) is 5.56 Å². The van der Waals surface area contributed by atoms with Crippen molar-refractivity contribution in [3.05, 3.63) is 27.7 Å². The van der Waals surface area contributed by atoms with Crippen LogP contribution in [-0.2, 0) is 22.5 Å². The van der Waals surface area contributed by atoms with Crippen LogP contribution in [0.1, 0.15) is 36.8 Å². The normalized spacial score (nSPS) is 20.7. The number of hydrogen-bond donors (Lipinski definition) is 1. The predicted molar refractivity (Wildman–Crippen MR) is 83.4 cm³/mol. The van der Waals surface area contributed by atoms with Gasteiger partial charge in [0.25, 0.3) is 0 Å². The van der Waals surface area contributed by atoms with Crippen LogP contribution >= 0.6 is 15.9 Å². The number of carbonyl (C=O) groups excluding carboxylic acids is 1. The molecule has 0 aromatic heterocycles. The third-order valence-corrected chi connectivity index (χ3v) is 4.45. The lowest BCUT2D eigenvalue weighted by Gasteiger charge is -2.22. The fourth-order valence-corrected chi connectivity index (χ4v) is 3.47. The first-order chi connectivity index (χ1) is 10.2. The molecule has 5 heteroatoms. The van der Waals surface area contributed by atoms with E-state index in [4.69, 9.17) is 9.47 Å². The van der Waals surface area contributed by atoms with Crippen molar-refractivity contribution in [2.75, 3.05) is 13.2 Å². The minimum atomic E-state index is 0.0497. The van der Waals surface area contributed by atoms with Crippen molar-refractivity contribution < 1.29 is 14.3 Å². The summed E-state index contributed by atoms with van der Waals surface area (Å²) in [6, 6.07) is 4.10. The van der Waals surface area contributed by atoms with Crippen LogP contribution in [0.4, 0.5) is 0 Å². The number of carbonyl (C=O) groups is 1. The molecule has 21 heavy (non-hydrogen) atoms. The molecule has 0 spiro atoms. The van der Waals surface area contributed by atoms with Gasteiger partial charge < -0.3 is 14.8 Å². The second-order valence-corrected chi connectivity index (χ2v) is 6.54.